The number of aliphatic hydroxyl groups excluding tert-OH is 1. The summed E-state index contributed by atoms with van der Waals surface area (Å²) in [6.07, 6.45) is -0.0339. The molecule has 0 spiro atoms. The summed E-state index contributed by atoms with van der Waals surface area (Å²) in [5, 5.41) is 9.56. The molecule has 0 bridgehead atoms. The Morgan fingerprint density at radius 1 is 1.35 bits per heavy atom. The van der Waals surface area contributed by atoms with Gasteiger partial charge in [0.1, 0.15) is 17.3 Å². The van der Waals surface area contributed by atoms with Crippen molar-refractivity contribution in [3.05, 3.63) is 46.9 Å². The number of benzene rings is 1. The van der Waals surface area contributed by atoms with Crippen molar-refractivity contribution in [2.75, 3.05) is 0 Å². The first-order valence-electron chi connectivity index (χ1n) is 5.28. The molecule has 1 aromatic carbocycles. The fourth-order valence-corrected chi connectivity index (χ4v) is 1.85. The van der Waals surface area contributed by atoms with Crippen LogP contribution in [0.2, 0.25) is 5.02 Å². The van der Waals surface area contributed by atoms with E-state index in [4.69, 9.17) is 16.0 Å². The zero-order valence-corrected chi connectivity index (χ0v) is 10.0. The van der Waals surface area contributed by atoms with Crippen molar-refractivity contribution in [3.63, 3.8) is 0 Å². The molecule has 0 aliphatic rings. The summed E-state index contributed by atoms with van der Waals surface area (Å²) in [5.74, 6) is 0.804. The third-order valence-corrected chi connectivity index (χ3v) is 2.52. The second-order valence-electron chi connectivity index (χ2n) is 3.98. The third kappa shape index (κ3) is 3.08. The molecule has 0 radical (unpaired) electrons. The fourth-order valence-electron chi connectivity index (χ4n) is 1.63. The smallest absolute Gasteiger partial charge is 0.134 e. The molecular formula is C13H12ClFO2. The lowest BCUT2D eigenvalue weighted by atomic mass is 10.2. The molecule has 0 fully saturated rings. The molecule has 2 nitrogen and oxygen atoms in total. The van der Waals surface area contributed by atoms with Crippen LogP contribution in [0.25, 0.3) is 11.3 Å². The molecule has 1 aromatic heterocycles. The largest absolute Gasteiger partial charge is 0.461 e. The van der Waals surface area contributed by atoms with Gasteiger partial charge in [-0.2, -0.15) is 0 Å². The Morgan fingerprint density at radius 3 is 2.76 bits per heavy atom. The number of hydrogen-bond acceptors (Lipinski definition) is 2. The van der Waals surface area contributed by atoms with Gasteiger partial charge in [0, 0.05) is 17.0 Å². The van der Waals surface area contributed by atoms with E-state index in [9.17, 15) is 9.50 Å². The van der Waals surface area contributed by atoms with Crippen molar-refractivity contribution in [2.45, 2.75) is 19.4 Å². The van der Waals surface area contributed by atoms with Crippen LogP contribution in [-0.4, -0.2) is 11.2 Å². The zero-order valence-electron chi connectivity index (χ0n) is 9.28. The van der Waals surface area contributed by atoms with Gasteiger partial charge in [-0.05, 0) is 37.3 Å². The van der Waals surface area contributed by atoms with E-state index in [0.29, 0.717) is 28.5 Å². The van der Waals surface area contributed by atoms with Crippen LogP contribution in [0.3, 0.4) is 0 Å². The van der Waals surface area contributed by atoms with E-state index in [0.717, 1.165) is 0 Å². The van der Waals surface area contributed by atoms with Gasteiger partial charge in [0.2, 0.25) is 0 Å². The number of hydrogen-bond donors (Lipinski definition) is 1. The minimum Gasteiger partial charge on any atom is -0.461 e. The maximum absolute atomic E-state index is 13.2. The third-order valence-electron chi connectivity index (χ3n) is 2.31. The molecule has 90 valence electrons. The molecule has 4 heteroatoms. The molecule has 0 amide bonds. The van der Waals surface area contributed by atoms with Gasteiger partial charge in [-0.3, -0.25) is 0 Å². The summed E-state index contributed by atoms with van der Waals surface area (Å²) < 4.78 is 18.7. The highest BCUT2D eigenvalue weighted by atomic mass is 35.5. The van der Waals surface area contributed by atoms with Crippen LogP contribution in [-0.2, 0) is 6.42 Å². The fraction of sp³-hybridized carbons (Fsp3) is 0.231. The summed E-state index contributed by atoms with van der Waals surface area (Å²) in [6.45, 7) is 1.68. The second-order valence-corrected chi connectivity index (χ2v) is 4.41. The quantitative estimate of drug-likeness (QED) is 0.907. The maximum Gasteiger partial charge on any atom is 0.134 e. The van der Waals surface area contributed by atoms with Crippen LogP contribution < -0.4 is 0 Å². The van der Waals surface area contributed by atoms with Crippen molar-refractivity contribution in [2.24, 2.45) is 0 Å². The maximum atomic E-state index is 13.2. The van der Waals surface area contributed by atoms with E-state index >= 15 is 0 Å². The van der Waals surface area contributed by atoms with Crippen LogP contribution in [0.4, 0.5) is 4.39 Å². The van der Waals surface area contributed by atoms with E-state index in [-0.39, 0.29) is 0 Å². The minimum atomic E-state index is -0.468. The molecule has 2 aromatic rings. The highest BCUT2D eigenvalue weighted by molar-refractivity contribution is 6.30. The Balaban J connectivity index is 2.30. The molecule has 1 N–H and O–H groups in total. The van der Waals surface area contributed by atoms with E-state index in [1.807, 2.05) is 0 Å². The van der Waals surface area contributed by atoms with E-state index < -0.39 is 11.9 Å². The number of rotatable bonds is 3. The van der Waals surface area contributed by atoms with E-state index in [2.05, 4.69) is 0 Å². The normalized spacial score (nSPS) is 12.7. The Morgan fingerprint density at radius 2 is 2.12 bits per heavy atom. The number of furan rings is 1. The minimum absolute atomic E-state index is 0.327. The second kappa shape index (κ2) is 4.90. The van der Waals surface area contributed by atoms with Crippen LogP contribution in [0.1, 0.15) is 12.7 Å². The molecule has 17 heavy (non-hydrogen) atoms. The van der Waals surface area contributed by atoms with Gasteiger partial charge in [0.05, 0.1) is 6.10 Å². The molecule has 0 aliphatic heterocycles. The van der Waals surface area contributed by atoms with E-state index in [1.54, 1.807) is 25.1 Å². The molecule has 0 saturated heterocycles. The first kappa shape index (κ1) is 12.1. The average molecular weight is 255 g/mol. The van der Waals surface area contributed by atoms with Crippen molar-refractivity contribution in [1.82, 2.24) is 0 Å². The van der Waals surface area contributed by atoms with Gasteiger partial charge in [-0.25, -0.2) is 4.39 Å². The summed E-state index contributed by atoms with van der Waals surface area (Å²) in [6, 6.07) is 7.74. The summed E-state index contributed by atoms with van der Waals surface area (Å²) >= 11 is 5.77. The van der Waals surface area contributed by atoms with Crippen LogP contribution in [0.5, 0.6) is 0 Å². The Hall–Kier alpha value is -1.32. The predicted octanol–water partition coefficient (Wildman–Crippen LogP) is 3.66. The van der Waals surface area contributed by atoms with Crippen molar-refractivity contribution in [1.29, 1.82) is 0 Å². The van der Waals surface area contributed by atoms with Crippen molar-refractivity contribution >= 4 is 11.6 Å². The molecule has 1 unspecified atom stereocenters. The lowest BCUT2D eigenvalue weighted by Gasteiger charge is -2.01. The number of aliphatic hydroxyl groups is 1. The van der Waals surface area contributed by atoms with Gasteiger partial charge in [-0.15, -0.1) is 0 Å². The highest BCUT2D eigenvalue weighted by Crippen LogP contribution is 2.26. The Bertz CT molecular complexity index is 500. The standard InChI is InChI=1S/C13H12ClFO2/c1-8(16)4-12-2-3-13(17-12)9-5-10(14)7-11(15)6-9/h2-3,5-8,16H,4H2,1H3. The predicted molar refractivity (Wildman–Crippen MR) is 64.5 cm³/mol. The summed E-state index contributed by atoms with van der Waals surface area (Å²) in [7, 11) is 0. The SMILES string of the molecule is CC(O)Cc1ccc(-c2cc(F)cc(Cl)c2)o1. The zero-order chi connectivity index (χ0) is 12.4. The first-order valence-corrected chi connectivity index (χ1v) is 5.65. The van der Waals surface area contributed by atoms with Crippen LogP contribution in [0.15, 0.2) is 34.7 Å². The van der Waals surface area contributed by atoms with Gasteiger partial charge < -0.3 is 9.52 Å². The summed E-state index contributed by atoms with van der Waals surface area (Å²) in [5.41, 5.74) is 0.590. The lowest BCUT2D eigenvalue weighted by molar-refractivity contribution is 0.187. The van der Waals surface area contributed by atoms with Crippen LogP contribution in [0, 0.1) is 5.82 Å². The molecule has 0 aliphatic carbocycles. The average Bonchev–Trinajstić information content (AvgIpc) is 2.63. The Labute approximate surface area is 104 Å². The topological polar surface area (TPSA) is 33.4 Å². The lowest BCUT2D eigenvalue weighted by Crippen LogP contribution is -2.02. The van der Waals surface area contributed by atoms with Crippen LogP contribution >= 0.6 is 11.6 Å². The van der Waals surface area contributed by atoms with Crippen molar-refractivity contribution in [3.8, 4) is 11.3 Å². The van der Waals surface area contributed by atoms with Gasteiger partial charge in [0.15, 0.2) is 0 Å². The molecule has 1 atom stereocenters. The number of halogens is 2. The molecule has 2 rings (SSSR count). The van der Waals surface area contributed by atoms with Gasteiger partial charge in [0.25, 0.3) is 0 Å². The molecule has 0 saturated carbocycles. The van der Waals surface area contributed by atoms with Gasteiger partial charge >= 0.3 is 0 Å². The van der Waals surface area contributed by atoms with E-state index in [1.165, 1.54) is 12.1 Å². The summed E-state index contributed by atoms with van der Waals surface area (Å²) in [4.78, 5) is 0. The molecular weight excluding hydrogens is 243 g/mol. The van der Waals surface area contributed by atoms with Gasteiger partial charge in [-0.1, -0.05) is 11.6 Å². The molecule has 1 heterocycles. The Kier molecular flexibility index (Phi) is 3.50. The first-order chi connectivity index (χ1) is 8.04. The monoisotopic (exact) mass is 254 g/mol. The van der Waals surface area contributed by atoms with Crippen molar-refractivity contribution < 1.29 is 13.9 Å². The highest BCUT2D eigenvalue weighted by Gasteiger charge is 2.08.